The molecule has 106 valence electrons. The highest BCUT2D eigenvalue weighted by Gasteiger charge is 2.03. The predicted octanol–water partition coefficient (Wildman–Crippen LogP) is 3.93. The van der Waals surface area contributed by atoms with Gasteiger partial charge in [0.05, 0.1) is 14.2 Å². The van der Waals surface area contributed by atoms with Crippen LogP contribution in [-0.4, -0.2) is 14.2 Å². The first-order valence-electron chi connectivity index (χ1n) is 6.65. The van der Waals surface area contributed by atoms with Gasteiger partial charge in [-0.05, 0) is 43.2 Å². The van der Waals surface area contributed by atoms with Crippen LogP contribution in [0.2, 0.25) is 0 Å². The van der Waals surface area contributed by atoms with E-state index < -0.39 is 0 Å². The summed E-state index contributed by atoms with van der Waals surface area (Å²) in [6.07, 6.45) is 0. The topological polar surface area (TPSA) is 30.5 Å². The first kappa shape index (κ1) is 14.3. The van der Waals surface area contributed by atoms with E-state index in [9.17, 15) is 0 Å². The highest BCUT2D eigenvalue weighted by Crippen LogP contribution is 2.24. The lowest BCUT2D eigenvalue weighted by molar-refractivity contribution is 0.393. The predicted molar refractivity (Wildman–Crippen MR) is 82.8 cm³/mol. The minimum absolute atomic E-state index is 0.734. The summed E-state index contributed by atoms with van der Waals surface area (Å²) in [5, 5.41) is 3.45. The fourth-order valence-electron chi connectivity index (χ4n) is 2.18. The van der Waals surface area contributed by atoms with Crippen LogP contribution in [0.4, 0.5) is 5.69 Å². The Morgan fingerprint density at radius 1 is 0.900 bits per heavy atom. The average Bonchev–Trinajstić information content (AvgIpc) is 2.46. The van der Waals surface area contributed by atoms with Crippen molar-refractivity contribution in [3.8, 4) is 11.5 Å². The van der Waals surface area contributed by atoms with Crippen molar-refractivity contribution in [1.29, 1.82) is 0 Å². The number of rotatable bonds is 5. The summed E-state index contributed by atoms with van der Waals surface area (Å²) in [7, 11) is 3.33. The normalized spacial score (nSPS) is 10.2. The van der Waals surface area contributed by atoms with E-state index in [1.165, 1.54) is 11.1 Å². The van der Waals surface area contributed by atoms with Gasteiger partial charge < -0.3 is 14.8 Å². The van der Waals surface area contributed by atoms with E-state index in [4.69, 9.17) is 9.47 Å². The van der Waals surface area contributed by atoms with Crippen molar-refractivity contribution < 1.29 is 9.47 Å². The van der Waals surface area contributed by atoms with Gasteiger partial charge in [-0.25, -0.2) is 0 Å². The minimum Gasteiger partial charge on any atom is -0.497 e. The number of benzene rings is 2. The maximum absolute atomic E-state index is 5.28. The Morgan fingerprint density at radius 3 is 2.10 bits per heavy atom. The molecule has 2 rings (SSSR count). The van der Waals surface area contributed by atoms with Crippen LogP contribution in [0, 0.1) is 13.8 Å². The second-order valence-corrected chi connectivity index (χ2v) is 4.89. The quantitative estimate of drug-likeness (QED) is 0.893. The third-order valence-electron chi connectivity index (χ3n) is 3.28. The number of nitrogens with one attached hydrogen (secondary N) is 1. The van der Waals surface area contributed by atoms with Crippen LogP contribution in [0.15, 0.2) is 36.4 Å². The van der Waals surface area contributed by atoms with Crippen LogP contribution in [0.25, 0.3) is 0 Å². The average molecular weight is 271 g/mol. The molecule has 3 nitrogen and oxygen atoms in total. The molecular formula is C17H21NO2. The number of hydrogen-bond donors (Lipinski definition) is 1. The van der Waals surface area contributed by atoms with Crippen molar-refractivity contribution in [3.63, 3.8) is 0 Å². The molecule has 1 N–H and O–H groups in total. The summed E-state index contributed by atoms with van der Waals surface area (Å²) >= 11 is 0. The van der Waals surface area contributed by atoms with Crippen LogP contribution in [0.1, 0.15) is 16.7 Å². The molecule has 0 aliphatic carbocycles. The number of aryl methyl sites for hydroxylation is 2. The van der Waals surface area contributed by atoms with Gasteiger partial charge in [0, 0.05) is 18.3 Å². The van der Waals surface area contributed by atoms with E-state index in [2.05, 4.69) is 37.4 Å². The number of hydrogen-bond acceptors (Lipinski definition) is 3. The van der Waals surface area contributed by atoms with Crippen LogP contribution in [0.3, 0.4) is 0 Å². The van der Waals surface area contributed by atoms with Crippen molar-refractivity contribution in [2.45, 2.75) is 20.4 Å². The highest BCUT2D eigenvalue weighted by molar-refractivity contribution is 5.52. The number of anilines is 1. The van der Waals surface area contributed by atoms with Gasteiger partial charge in [-0.3, -0.25) is 0 Å². The molecule has 0 amide bonds. The van der Waals surface area contributed by atoms with Crippen LogP contribution >= 0.6 is 0 Å². The second kappa shape index (κ2) is 6.33. The lowest BCUT2D eigenvalue weighted by atomic mass is 10.1. The van der Waals surface area contributed by atoms with E-state index in [1.54, 1.807) is 14.2 Å². The highest BCUT2D eigenvalue weighted by atomic mass is 16.5. The van der Waals surface area contributed by atoms with E-state index in [1.807, 2.05) is 18.2 Å². The Bertz CT molecular complexity index is 571. The van der Waals surface area contributed by atoms with Gasteiger partial charge in [0.1, 0.15) is 11.5 Å². The molecule has 0 saturated carbocycles. The van der Waals surface area contributed by atoms with Crippen LogP contribution in [0.5, 0.6) is 11.5 Å². The zero-order valence-electron chi connectivity index (χ0n) is 12.5. The second-order valence-electron chi connectivity index (χ2n) is 4.89. The molecule has 0 saturated heterocycles. The number of ether oxygens (including phenoxy) is 2. The van der Waals surface area contributed by atoms with E-state index in [0.717, 1.165) is 29.3 Å². The summed E-state index contributed by atoms with van der Waals surface area (Å²) in [6.45, 7) is 4.95. The first-order chi connectivity index (χ1) is 9.62. The van der Waals surface area contributed by atoms with E-state index in [0.29, 0.717) is 0 Å². The number of methoxy groups -OCH3 is 2. The molecule has 0 radical (unpaired) electrons. The molecule has 0 aliphatic heterocycles. The zero-order valence-corrected chi connectivity index (χ0v) is 12.5. The van der Waals surface area contributed by atoms with E-state index >= 15 is 0 Å². The lowest BCUT2D eigenvalue weighted by Crippen LogP contribution is -2.02. The third kappa shape index (κ3) is 3.44. The molecule has 2 aromatic rings. The third-order valence-corrected chi connectivity index (χ3v) is 3.28. The maximum Gasteiger partial charge on any atom is 0.122 e. The molecule has 0 aromatic heterocycles. The fourth-order valence-corrected chi connectivity index (χ4v) is 2.18. The maximum atomic E-state index is 5.28. The van der Waals surface area contributed by atoms with Gasteiger partial charge in [0.25, 0.3) is 0 Å². The largest absolute Gasteiger partial charge is 0.497 e. The summed E-state index contributed by atoms with van der Waals surface area (Å²) in [5.41, 5.74) is 4.80. The molecule has 20 heavy (non-hydrogen) atoms. The Labute approximate surface area is 120 Å². The summed E-state index contributed by atoms with van der Waals surface area (Å²) in [5.74, 6) is 1.61. The van der Waals surface area contributed by atoms with Gasteiger partial charge in [-0.1, -0.05) is 17.7 Å². The van der Waals surface area contributed by atoms with E-state index in [-0.39, 0.29) is 0 Å². The molecule has 0 unspecified atom stereocenters. The van der Waals surface area contributed by atoms with Gasteiger partial charge in [-0.15, -0.1) is 0 Å². The smallest absolute Gasteiger partial charge is 0.122 e. The van der Waals surface area contributed by atoms with Crippen molar-refractivity contribution in [3.05, 3.63) is 53.1 Å². The van der Waals surface area contributed by atoms with Gasteiger partial charge in [0.2, 0.25) is 0 Å². The molecule has 0 heterocycles. The SMILES string of the molecule is COc1cc(CNc2ccc(C)cc2C)cc(OC)c1. The van der Waals surface area contributed by atoms with Crippen molar-refractivity contribution in [1.82, 2.24) is 0 Å². The molecule has 0 aliphatic rings. The lowest BCUT2D eigenvalue weighted by Gasteiger charge is -2.12. The standard InChI is InChI=1S/C17H21NO2/c1-12-5-6-17(13(2)7-12)18-11-14-8-15(19-3)10-16(9-14)20-4/h5-10,18H,11H2,1-4H3. The van der Waals surface area contributed by atoms with Crippen LogP contribution < -0.4 is 14.8 Å². The Hall–Kier alpha value is -2.16. The molecule has 2 aromatic carbocycles. The molecule has 0 bridgehead atoms. The minimum atomic E-state index is 0.734. The van der Waals surface area contributed by atoms with Crippen molar-refractivity contribution in [2.75, 3.05) is 19.5 Å². The first-order valence-corrected chi connectivity index (χ1v) is 6.65. The van der Waals surface area contributed by atoms with Gasteiger partial charge in [-0.2, -0.15) is 0 Å². The van der Waals surface area contributed by atoms with Gasteiger partial charge >= 0.3 is 0 Å². The molecule has 0 spiro atoms. The monoisotopic (exact) mass is 271 g/mol. The van der Waals surface area contributed by atoms with Crippen molar-refractivity contribution in [2.24, 2.45) is 0 Å². The molecule has 3 heteroatoms. The van der Waals surface area contributed by atoms with Gasteiger partial charge in [0.15, 0.2) is 0 Å². The molecule has 0 fully saturated rings. The summed E-state index contributed by atoms with van der Waals surface area (Å²) in [4.78, 5) is 0. The Balaban J connectivity index is 2.13. The van der Waals surface area contributed by atoms with Crippen LogP contribution in [-0.2, 0) is 6.54 Å². The van der Waals surface area contributed by atoms with Crippen molar-refractivity contribution >= 4 is 5.69 Å². The zero-order chi connectivity index (χ0) is 14.5. The fraction of sp³-hybridized carbons (Fsp3) is 0.294. The molecule has 0 atom stereocenters. The summed E-state index contributed by atoms with van der Waals surface area (Å²) in [6, 6.07) is 12.3. The Morgan fingerprint density at radius 2 is 1.55 bits per heavy atom. The summed E-state index contributed by atoms with van der Waals surface area (Å²) < 4.78 is 10.6. The molecular weight excluding hydrogens is 250 g/mol. The Kier molecular flexibility index (Phi) is 4.51.